The summed E-state index contributed by atoms with van der Waals surface area (Å²) in [5, 5.41) is 3.24. The van der Waals surface area contributed by atoms with Crippen LogP contribution < -0.4 is 5.32 Å². The Morgan fingerprint density at radius 1 is 1.33 bits per heavy atom. The van der Waals surface area contributed by atoms with Crippen molar-refractivity contribution in [1.82, 2.24) is 5.32 Å². The minimum absolute atomic E-state index is 0.236. The van der Waals surface area contributed by atoms with Gasteiger partial charge < -0.3 is 10.1 Å². The molecular formula is C16H29NO. The van der Waals surface area contributed by atoms with Crippen molar-refractivity contribution in [2.24, 2.45) is 0 Å². The molecule has 0 bridgehead atoms. The number of allylic oxidation sites excluding steroid dienone is 2. The molecule has 1 heterocycles. The first-order valence-electron chi connectivity index (χ1n) is 7.24. The quantitative estimate of drug-likeness (QED) is 0.801. The molecule has 2 nitrogen and oxygen atoms in total. The van der Waals surface area contributed by atoms with E-state index in [1.54, 1.807) is 11.1 Å². The van der Waals surface area contributed by atoms with Crippen LogP contribution in [0.3, 0.4) is 0 Å². The molecule has 1 fully saturated rings. The van der Waals surface area contributed by atoms with Crippen LogP contribution in [0.1, 0.15) is 53.4 Å². The van der Waals surface area contributed by atoms with E-state index in [0.29, 0.717) is 0 Å². The fraction of sp³-hybridized carbons (Fsp3) is 0.750. The fourth-order valence-corrected chi connectivity index (χ4v) is 2.72. The molecule has 1 aliphatic heterocycles. The topological polar surface area (TPSA) is 21.3 Å². The number of hydrogen-bond donors (Lipinski definition) is 1. The average Bonchev–Trinajstić information content (AvgIpc) is 2.35. The molecule has 1 saturated heterocycles. The van der Waals surface area contributed by atoms with Crippen molar-refractivity contribution in [2.75, 3.05) is 20.2 Å². The van der Waals surface area contributed by atoms with Crippen LogP contribution in [-0.4, -0.2) is 26.3 Å². The van der Waals surface area contributed by atoms with Crippen LogP contribution in [-0.2, 0) is 4.74 Å². The van der Waals surface area contributed by atoms with Crippen LogP contribution in [0.5, 0.6) is 0 Å². The summed E-state index contributed by atoms with van der Waals surface area (Å²) in [7, 11) is 1.99. The average molecular weight is 251 g/mol. The molecule has 0 aromatic heterocycles. The van der Waals surface area contributed by atoms with Crippen LogP contribution in [0.25, 0.3) is 0 Å². The number of nitrogens with one attached hydrogen (secondary N) is 1. The third-order valence-corrected chi connectivity index (χ3v) is 3.67. The zero-order valence-electron chi connectivity index (χ0n) is 12.7. The summed E-state index contributed by atoms with van der Waals surface area (Å²) in [5.41, 5.74) is 5.98. The van der Waals surface area contributed by atoms with Gasteiger partial charge in [-0.15, -0.1) is 0 Å². The van der Waals surface area contributed by atoms with E-state index < -0.39 is 0 Å². The van der Waals surface area contributed by atoms with Crippen LogP contribution in [0.15, 0.2) is 22.3 Å². The first-order valence-corrected chi connectivity index (χ1v) is 7.24. The molecule has 1 aliphatic rings. The van der Waals surface area contributed by atoms with E-state index in [-0.39, 0.29) is 6.10 Å². The lowest BCUT2D eigenvalue weighted by Gasteiger charge is -2.31. The lowest BCUT2D eigenvalue weighted by atomic mass is 9.87. The van der Waals surface area contributed by atoms with Crippen molar-refractivity contribution in [2.45, 2.75) is 59.5 Å². The summed E-state index contributed by atoms with van der Waals surface area (Å²) in [6.07, 6.45) is 5.11. The summed E-state index contributed by atoms with van der Waals surface area (Å²) in [4.78, 5) is 0. The normalized spacial score (nSPS) is 23.2. The molecule has 0 radical (unpaired) electrons. The molecule has 104 valence electrons. The number of hydrogen-bond acceptors (Lipinski definition) is 2. The van der Waals surface area contributed by atoms with Gasteiger partial charge in [0, 0.05) is 6.54 Å². The second kappa shape index (κ2) is 7.75. The monoisotopic (exact) mass is 251 g/mol. The molecule has 18 heavy (non-hydrogen) atoms. The maximum atomic E-state index is 5.92. The SMILES string of the molecule is CCCC/C(C)=C1/CCOC(CNC)C1=C(C)C. The molecule has 0 spiro atoms. The Morgan fingerprint density at radius 2 is 2.06 bits per heavy atom. The molecule has 0 amide bonds. The number of ether oxygens (including phenoxy) is 1. The highest BCUT2D eigenvalue weighted by Gasteiger charge is 2.25. The Kier molecular flexibility index (Phi) is 6.66. The van der Waals surface area contributed by atoms with Crippen LogP contribution in [0.4, 0.5) is 0 Å². The number of likely N-dealkylation sites (N-methyl/N-ethyl adjacent to an activating group) is 1. The molecule has 2 heteroatoms. The van der Waals surface area contributed by atoms with Gasteiger partial charge >= 0.3 is 0 Å². The van der Waals surface area contributed by atoms with Crippen LogP contribution in [0.2, 0.25) is 0 Å². The minimum Gasteiger partial charge on any atom is -0.372 e. The summed E-state index contributed by atoms with van der Waals surface area (Å²) < 4.78 is 5.92. The van der Waals surface area contributed by atoms with E-state index in [1.807, 2.05) is 7.05 Å². The van der Waals surface area contributed by atoms with E-state index in [0.717, 1.165) is 19.6 Å². The molecule has 0 aromatic rings. The third kappa shape index (κ3) is 3.96. The van der Waals surface area contributed by atoms with Crippen molar-refractivity contribution in [3.05, 3.63) is 22.3 Å². The van der Waals surface area contributed by atoms with Gasteiger partial charge in [0.1, 0.15) is 0 Å². The van der Waals surface area contributed by atoms with Gasteiger partial charge in [-0.25, -0.2) is 0 Å². The number of unbranched alkanes of at least 4 members (excludes halogenated alkanes) is 1. The molecule has 1 N–H and O–H groups in total. The van der Waals surface area contributed by atoms with Gasteiger partial charge in [-0.3, -0.25) is 0 Å². The minimum atomic E-state index is 0.236. The predicted octanol–water partition coefficient (Wildman–Crippen LogP) is 3.84. The second-order valence-electron chi connectivity index (χ2n) is 5.44. The third-order valence-electron chi connectivity index (χ3n) is 3.67. The lowest BCUT2D eigenvalue weighted by Crippen LogP contribution is -2.34. The smallest absolute Gasteiger partial charge is 0.0951 e. The molecular weight excluding hydrogens is 222 g/mol. The Morgan fingerprint density at radius 3 is 2.61 bits per heavy atom. The Balaban J connectivity index is 2.98. The Hall–Kier alpha value is -0.600. The van der Waals surface area contributed by atoms with Gasteiger partial charge in [0.15, 0.2) is 0 Å². The standard InChI is InChI=1S/C16H29NO/c1-6-7-8-13(4)14-9-10-18-15(11-17-5)16(14)12(2)3/h15,17H,6-11H2,1-5H3/b14-13-. The first-order chi connectivity index (χ1) is 8.61. The summed E-state index contributed by atoms with van der Waals surface area (Å²) >= 11 is 0. The second-order valence-corrected chi connectivity index (χ2v) is 5.44. The van der Waals surface area contributed by atoms with Gasteiger partial charge in [-0.2, -0.15) is 0 Å². The number of rotatable bonds is 5. The van der Waals surface area contributed by atoms with Crippen molar-refractivity contribution in [1.29, 1.82) is 0 Å². The summed E-state index contributed by atoms with van der Waals surface area (Å²) in [6, 6.07) is 0. The maximum absolute atomic E-state index is 5.92. The van der Waals surface area contributed by atoms with Crippen molar-refractivity contribution >= 4 is 0 Å². The highest BCUT2D eigenvalue weighted by Crippen LogP contribution is 2.32. The van der Waals surface area contributed by atoms with Crippen molar-refractivity contribution in [3.8, 4) is 0 Å². The molecule has 0 saturated carbocycles. The van der Waals surface area contributed by atoms with Gasteiger partial charge in [0.05, 0.1) is 12.7 Å². The van der Waals surface area contributed by atoms with Gasteiger partial charge in [0.2, 0.25) is 0 Å². The summed E-state index contributed by atoms with van der Waals surface area (Å²) in [6.45, 7) is 10.7. The van der Waals surface area contributed by atoms with Gasteiger partial charge in [-0.1, -0.05) is 24.5 Å². The van der Waals surface area contributed by atoms with Gasteiger partial charge in [-0.05, 0) is 58.2 Å². The molecule has 0 aromatic carbocycles. The molecule has 0 aliphatic carbocycles. The highest BCUT2D eigenvalue weighted by atomic mass is 16.5. The lowest BCUT2D eigenvalue weighted by molar-refractivity contribution is 0.0669. The van der Waals surface area contributed by atoms with Crippen LogP contribution in [0, 0.1) is 0 Å². The zero-order valence-corrected chi connectivity index (χ0v) is 12.7. The van der Waals surface area contributed by atoms with E-state index in [2.05, 4.69) is 33.0 Å². The Bertz CT molecular complexity index is 322. The van der Waals surface area contributed by atoms with Crippen molar-refractivity contribution in [3.63, 3.8) is 0 Å². The van der Waals surface area contributed by atoms with Gasteiger partial charge in [0.25, 0.3) is 0 Å². The van der Waals surface area contributed by atoms with Crippen molar-refractivity contribution < 1.29 is 4.74 Å². The highest BCUT2D eigenvalue weighted by molar-refractivity contribution is 5.42. The largest absolute Gasteiger partial charge is 0.372 e. The maximum Gasteiger partial charge on any atom is 0.0951 e. The predicted molar refractivity (Wildman–Crippen MR) is 78.9 cm³/mol. The van der Waals surface area contributed by atoms with E-state index in [4.69, 9.17) is 4.74 Å². The van der Waals surface area contributed by atoms with Crippen LogP contribution >= 0.6 is 0 Å². The zero-order chi connectivity index (χ0) is 13.5. The first kappa shape index (κ1) is 15.5. The van der Waals surface area contributed by atoms with E-state index in [9.17, 15) is 0 Å². The Labute approximate surface area is 112 Å². The molecule has 1 atom stereocenters. The molecule has 1 rings (SSSR count). The van der Waals surface area contributed by atoms with E-state index >= 15 is 0 Å². The summed E-state index contributed by atoms with van der Waals surface area (Å²) in [5.74, 6) is 0. The van der Waals surface area contributed by atoms with E-state index in [1.165, 1.54) is 30.4 Å². The molecule has 1 unspecified atom stereocenters. The fourth-order valence-electron chi connectivity index (χ4n) is 2.72.